The van der Waals surface area contributed by atoms with Crippen LogP contribution in [0.3, 0.4) is 0 Å². The Bertz CT molecular complexity index is 315. The molecule has 76 valence electrons. The van der Waals surface area contributed by atoms with E-state index in [1.165, 1.54) is 6.21 Å². The van der Waals surface area contributed by atoms with Gasteiger partial charge in [0.05, 0.1) is 5.69 Å². The number of nitrogens with one attached hydrogen (secondary N) is 2. The highest BCUT2D eigenvalue weighted by Gasteiger charge is 2.05. The highest BCUT2D eigenvalue weighted by molar-refractivity contribution is 7.95. The first-order valence-corrected chi connectivity index (χ1v) is 5.21. The maximum absolute atomic E-state index is 12.1. The zero-order valence-corrected chi connectivity index (χ0v) is 8.83. The molecule has 0 saturated heterocycles. The molecule has 0 aliphatic carbocycles. The van der Waals surface area contributed by atoms with Crippen molar-refractivity contribution in [1.29, 1.82) is 5.41 Å². The number of para-hydroxylation sites is 1. The molecule has 1 aromatic rings. The molecule has 1 aromatic carbocycles. The smallest absolute Gasteiger partial charge is 0.162 e. The van der Waals surface area contributed by atoms with Crippen molar-refractivity contribution in [3.63, 3.8) is 0 Å². The number of benzene rings is 1. The van der Waals surface area contributed by atoms with E-state index in [0.717, 1.165) is 29.7 Å². The van der Waals surface area contributed by atoms with E-state index in [4.69, 9.17) is 5.41 Å². The fourth-order valence-corrected chi connectivity index (χ4v) is 1.71. The zero-order valence-electron chi connectivity index (χ0n) is 8.01. The number of hydrogen-bond donors (Lipinski definition) is 2. The molecule has 0 spiro atoms. The second-order valence-corrected chi connectivity index (χ2v) is 3.31. The van der Waals surface area contributed by atoms with Gasteiger partial charge >= 0.3 is 0 Å². The van der Waals surface area contributed by atoms with Gasteiger partial charge in [-0.2, -0.15) is 0 Å². The van der Waals surface area contributed by atoms with Gasteiger partial charge in [-0.3, -0.25) is 0 Å². The summed E-state index contributed by atoms with van der Waals surface area (Å²) in [7, 11) is 0. The van der Waals surface area contributed by atoms with Crippen molar-refractivity contribution in [3.05, 3.63) is 29.3 Å². The van der Waals surface area contributed by atoms with E-state index in [1.807, 2.05) is 12.1 Å². The highest BCUT2D eigenvalue weighted by atomic mass is 32.2. The topological polar surface area (TPSA) is 35.9 Å². The lowest BCUT2D eigenvalue weighted by atomic mass is 10.0. The Kier molecular flexibility index (Phi) is 4.46. The van der Waals surface area contributed by atoms with Crippen LogP contribution in [0, 0.1) is 5.41 Å². The van der Waals surface area contributed by atoms with Gasteiger partial charge in [-0.05, 0) is 12.0 Å². The van der Waals surface area contributed by atoms with E-state index in [0.29, 0.717) is 0 Å². The van der Waals surface area contributed by atoms with Crippen molar-refractivity contribution in [2.75, 3.05) is 4.72 Å². The molecule has 2 N–H and O–H groups in total. The molecule has 4 heteroatoms. The van der Waals surface area contributed by atoms with Crippen LogP contribution in [-0.2, 0) is 6.42 Å². The molecule has 0 atom stereocenters. The van der Waals surface area contributed by atoms with Crippen molar-refractivity contribution in [2.45, 2.75) is 19.8 Å². The Morgan fingerprint density at radius 1 is 1.57 bits per heavy atom. The van der Waals surface area contributed by atoms with Crippen LogP contribution < -0.4 is 4.72 Å². The summed E-state index contributed by atoms with van der Waals surface area (Å²) in [5, 5.41) is 7.20. The minimum atomic E-state index is 0.0710. The second kappa shape index (κ2) is 5.65. The molecule has 14 heavy (non-hydrogen) atoms. The first-order valence-electron chi connectivity index (χ1n) is 4.49. The Morgan fingerprint density at radius 3 is 2.93 bits per heavy atom. The lowest BCUT2D eigenvalue weighted by Crippen LogP contribution is -1.97. The fourth-order valence-electron chi connectivity index (χ4n) is 1.38. The van der Waals surface area contributed by atoms with Gasteiger partial charge in [0, 0.05) is 11.8 Å². The quantitative estimate of drug-likeness (QED) is 0.578. The molecular weight excluding hydrogens is 199 g/mol. The predicted molar refractivity (Wildman–Crippen MR) is 60.6 cm³/mol. The third kappa shape index (κ3) is 2.48. The van der Waals surface area contributed by atoms with E-state index in [2.05, 4.69) is 11.6 Å². The summed E-state index contributed by atoms with van der Waals surface area (Å²) in [6, 6.07) is 5.64. The average Bonchev–Trinajstić information content (AvgIpc) is 2.21. The minimum Gasteiger partial charge on any atom is -0.308 e. The standard InChI is InChI=1S/C10H13FN2S/c1-2-4-8-5-3-6-9(7-12)10(8)13-14-11/h3,5-7,12-13H,2,4H2,1H3. The maximum atomic E-state index is 12.1. The van der Waals surface area contributed by atoms with Crippen LogP contribution >= 0.6 is 12.3 Å². The lowest BCUT2D eigenvalue weighted by Gasteiger charge is -2.10. The van der Waals surface area contributed by atoms with Gasteiger partial charge in [-0.15, -0.1) is 3.89 Å². The molecule has 1 rings (SSSR count). The number of anilines is 1. The summed E-state index contributed by atoms with van der Waals surface area (Å²) in [6.45, 7) is 2.07. The van der Waals surface area contributed by atoms with E-state index in [1.54, 1.807) is 6.07 Å². The van der Waals surface area contributed by atoms with Gasteiger partial charge in [-0.1, -0.05) is 31.5 Å². The predicted octanol–water partition coefficient (Wildman–Crippen LogP) is 3.58. The first-order chi connectivity index (χ1) is 6.83. The molecule has 0 amide bonds. The number of halogens is 1. The number of aryl methyl sites for hydroxylation is 1. The van der Waals surface area contributed by atoms with Crippen LogP contribution in [0.5, 0.6) is 0 Å². The molecule has 2 nitrogen and oxygen atoms in total. The van der Waals surface area contributed by atoms with Crippen LogP contribution in [0.2, 0.25) is 0 Å². The van der Waals surface area contributed by atoms with Crippen LogP contribution in [0.1, 0.15) is 24.5 Å². The summed E-state index contributed by atoms with van der Waals surface area (Å²) in [6.07, 6.45) is 3.13. The Balaban J connectivity index is 3.06. The van der Waals surface area contributed by atoms with Gasteiger partial charge in [-0.25, -0.2) is 0 Å². The molecule has 0 aliphatic heterocycles. The monoisotopic (exact) mass is 212 g/mol. The summed E-state index contributed by atoms with van der Waals surface area (Å²) in [4.78, 5) is 0. The Hall–Kier alpha value is -1.03. The average molecular weight is 212 g/mol. The largest absolute Gasteiger partial charge is 0.308 e. The van der Waals surface area contributed by atoms with E-state index in [9.17, 15) is 3.89 Å². The van der Waals surface area contributed by atoms with Crippen LogP contribution in [0.4, 0.5) is 9.57 Å². The van der Waals surface area contributed by atoms with Gasteiger partial charge in [0.1, 0.15) is 0 Å². The van der Waals surface area contributed by atoms with Crippen molar-refractivity contribution < 1.29 is 3.89 Å². The van der Waals surface area contributed by atoms with Crippen molar-refractivity contribution in [1.82, 2.24) is 0 Å². The van der Waals surface area contributed by atoms with Crippen LogP contribution in [-0.4, -0.2) is 6.21 Å². The summed E-state index contributed by atoms with van der Waals surface area (Å²) < 4.78 is 14.7. The molecule has 0 heterocycles. The van der Waals surface area contributed by atoms with Crippen molar-refractivity contribution in [2.24, 2.45) is 0 Å². The lowest BCUT2D eigenvalue weighted by molar-refractivity contribution is 0.921. The summed E-state index contributed by atoms with van der Waals surface area (Å²) in [5.74, 6) is 0. The van der Waals surface area contributed by atoms with Gasteiger partial charge < -0.3 is 10.1 Å². The summed E-state index contributed by atoms with van der Waals surface area (Å²) >= 11 is 0.0710. The summed E-state index contributed by atoms with van der Waals surface area (Å²) in [5.41, 5.74) is 2.50. The molecular formula is C10H13FN2S. The van der Waals surface area contributed by atoms with Crippen LogP contribution in [0.25, 0.3) is 0 Å². The van der Waals surface area contributed by atoms with E-state index >= 15 is 0 Å². The fraction of sp³-hybridized carbons (Fsp3) is 0.300. The third-order valence-corrected chi connectivity index (χ3v) is 2.28. The number of rotatable bonds is 5. The molecule has 0 saturated carbocycles. The molecule has 0 unspecified atom stereocenters. The van der Waals surface area contributed by atoms with Gasteiger partial charge in [0.2, 0.25) is 0 Å². The first kappa shape index (κ1) is 11.0. The van der Waals surface area contributed by atoms with Gasteiger partial charge in [0.15, 0.2) is 12.3 Å². The van der Waals surface area contributed by atoms with Crippen molar-refractivity contribution in [3.8, 4) is 0 Å². The van der Waals surface area contributed by atoms with E-state index < -0.39 is 0 Å². The minimum absolute atomic E-state index is 0.0710. The normalized spacial score (nSPS) is 9.86. The SMILES string of the molecule is CCCc1cccc(C=N)c1NSF. The van der Waals surface area contributed by atoms with Crippen LogP contribution in [0.15, 0.2) is 18.2 Å². The molecule has 0 radical (unpaired) electrons. The highest BCUT2D eigenvalue weighted by Crippen LogP contribution is 2.24. The zero-order chi connectivity index (χ0) is 10.4. The molecule has 0 aromatic heterocycles. The Labute approximate surface area is 87.8 Å². The van der Waals surface area contributed by atoms with Crippen molar-refractivity contribution >= 4 is 24.2 Å². The number of hydrogen-bond acceptors (Lipinski definition) is 3. The third-order valence-electron chi connectivity index (χ3n) is 2.00. The Morgan fingerprint density at radius 2 is 2.36 bits per heavy atom. The second-order valence-electron chi connectivity index (χ2n) is 2.95. The maximum Gasteiger partial charge on any atom is 0.162 e. The molecule has 0 aliphatic rings. The molecule has 0 fully saturated rings. The van der Waals surface area contributed by atoms with E-state index in [-0.39, 0.29) is 12.3 Å². The molecule has 0 bridgehead atoms. The van der Waals surface area contributed by atoms with Gasteiger partial charge in [0.25, 0.3) is 0 Å².